The molecule has 2 fully saturated rings. The lowest BCUT2D eigenvalue weighted by Gasteiger charge is -2.23. The largest absolute Gasteiger partial charge is 0.339 e. The van der Waals surface area contributed by atoms with Crippen LogP contribution >= 0.6 is 11.3 Å². The Morgan fingerprint density at radius 2 is 1.96 bits per heavy atom. The van der Waals surface area contributed by atoms with E-state index in [9.17, 15) is 9.59 Å². The molecule has 2 aliphatic rings. The topological polar surface area (TPSA) is 62.3 Å². The number of thiazole rings is 1. The first-order valence-corrected chi connectivity index (χ1v) is 10.1. The fraction of sp³-hybridized carbons (Fsp3) is 0.450. The lowest BCUT2D eigenvalue weighted by molar-refractivity contribution is -0.129. The minimum Gasteiger partial charge on any atom is -0.339 e. The number of hydrogen-bond donors (Lipinski definition) is 1. The molecule has 1 aliphatic carbocycles. The Bertz CT molecular complexity index is 809. The van der Waals surface area contributed by atoms with Crippen molar-refractivity contribution in [2.45, 2.75) is 45.1 Å². The molecular weight excluding hydrogens is 346 g/mol. The van der Waals surface area contributed by atoms with Crippen molar-refractivity contribution in [2.24, 2.45) is 5.92 Å². The molecule has 5 nitrogen and oxygen atoms in total. The maximum atomic E-state index is 12.6. The first kappa shape index (κ1) is 17.2. The van der Waals surface area contributed by atoms with Gasteiger partial charge in [0, 0.05) is 30.0 Å². The summed E-state index contributed by atoms with van der Waals surface area (Å²) in [5, 5.41) is 5.45. The molecule has 4 rings (SSSR count). The average molecular weight is 369 g/mol. The van der Waals surface area contributed by atoms with Gasteiger partial charge in [0.1, 0.15) is 0 Å². The van der Waals surface area contributed by atoms with E-state index >= 15 is 0 Å². The number of benzene rings is 1. The number of rotatable bonds is 4. The molecule has 1 atom stereocenters. The van der Waals surface area contributed by atoms with Crippen LogP contribution < -0.4 is 5.32 Å². The highest BCUT2D eigenvalue weighted by molar-refractivity contribution is 7.14. The maximum absolute atomic E-state index is 12.6. The zero-order chi connectivity index (χ0) is 18.1. The van der Waals surface area contributed by atoms with E-state index in [-0.39, 0.29) is 17.7 Å². The molecule has 1 N–H and O–H groups in total. The van der Waals surface area contributed by atoms with E-state index in [0.29, 0.717) is 24.1 Å². The quantitative estimate of drug-likeness (QED) is 0.890. The summed E-state index contributed by atoms with van der Waals surface area (Å²) in [6.07, 6.45) is 4.84. The predicted octanol–water partition coefficient (Wildman–Crippen LogP) is 3.85. The van der Waals surface area contributed by atoms with Gasteiger partial charge in [0.05, 0.1) is 11.6 Å². The summed E-state index contributed by atoms with van der Waals surface area (Å²) < 4.78 is 0. The number of hydrogen-bond acceptors (Lipinski definition) is 4. The highest BCUT2D eigenvalue weighted by atomic mass is 32.1. The Hall–Kier alpha value is -2.21. The molecule has 1 aromatic heterocycles. The Labute approximate surface area is 157 Å². The molecule has 0 radical (unpaired) electrons. The zero-order valence-corrected chi connectivity index (χ0v) is 15.7. The van der Waals surface area contributed by atoms with Gasteiger partial charge in [-0.25, -0.2) is 4.98 Å². The summed E-state index contributed by atoms with van der Waals surface area (Å²) in [5.74, 6) is -0.241. The molecule has 1 saturated heterocycles. The second-order valence-electron chi connectivity index (χ2n) is 7.28. The van der Waals surface area contributed by atoms with Crippen LogP contribution in [0.15, 0.2) is 29.6 Å². The normalized spacial score (nSPS) is 20.7. The van der Waals surface area contributed by atoms with Gasteiger partial charge < -0.3 is 10.2 Å². The van der Waals surface area contributed by atoms with Gasteiger partial charge in [-0.1, -0.05) is 42.7 Å². The number of nitrogens with one attached hydrogen (secondary N) is 1. The van der Waals surface area contributed by atoms with Crippen molar-refractivity contribution in [3.8, 4) is 11.3 Å². The molecule has 2 heterocycles. The number of amides is 2. The summed E-state index contributed by atoms with van der Waals surface area (Å²) in [5.41, 5.74) is 3.10. The van der Waals surface area contributed by atoms with Gasteiger partial charge in [0.25, 0.3) is 0 Å². The second-order valence-corrected chi connectivity index (χ2v) is 8.14. The van der Waals surface area contributed by atoms with Crippen molar-refractivity contribution in [2.75, 3.05) is 11.9 Å². The lowest BCUT2D eigenvalue weighted by atomic mass is 10.1. The third-order valence-corrected chi connectivity index (χ3v) is 6.13. The van der Waals surface area contributed by atoms with Crippen molar-refractivity contribution < 1.29 is 9.59 Å². The summed E-state index contributed by atoms with van der Waals surface area (Å²) in [6, 6.07) is 8.51. The van der Waals surface area contributed by atoms with Crippen LogP contribution in [0, 0.1) is 12.8 Å². The molecular formula is C20H23N3O2S. The molecule has 1 aliphatic heterocycles. The van der Waals surface area contributed by atoms with Gasteiger partial charge >= 0.3 is 0 Å². The molecule has 2 aromatic rings. The summed E-state index contributed by atoms with van der Waals surface area (Å²) in [6.45, 7) is 2.60. The van der Waals surface area contributed by atoms with Crippen molar-refractivity contribution in [1.29, 1.82) is 0 Å². The highest BCUT2D eigenvalue weighted by Gasteiger charge is 2.38. The first-order valence-electron chi connectivity index (χ1n) is 9.23. The zero-order valence-electron chi connectivity index (χ0n) is 14.9. The molecule has 1 unspecified atom stereocenters. The number of likely N-dealkylation sites (tertiary alicyclic amines) is 1. The van der Waals surface area contributed by atoms with Crippen LogP contribution in [0.5, 0.6) is 0 Å². The van der Waals surface area contributed by atoms with Crippen molar-refractivity contribution in [3.63, 3.8) is 0 Å². The van der Waals surface area contributed by atoms with E-state index < -0.39 is 0 Å². The molecule has 1 saturated carbocycles. The van der Waals surface area contributed by atoms with Gasteiger partial charge in [-0.15, -0.1) is 11.3 Å². The van der Waals surface area contributed by atoms with Gasteiger partial charge in [-0.2, -0.15) is 0 Å². The molecule has 1 aromatic carbocycles. The minimum atomic E-state index is -0.269. The van der Waals surface area contributed by atoms with Gasteiger partial charge in [0.15, 0.2) is 5.13 Å². The van der Waals surface area contributed by atoms with E-state index in [1.54, 1.807) is 0 Å². The molecule has 136 valence electrons. The summed E-state index contributed by atoms with van der Waals surface area (Å²) in [7, 11) is 0. The van der Waals surface area contributed by atoms with Crippen LogP contribution in [0.4, 0.5) is 5.13 Å². The van der Waals surface area contributed by atoms with E-state index in [0.717, 1.165) is 24.1 Å². The Balaban J connectivity index is 1.39. The highest BCUT2D eigenvalue weighted by Crippen LogP contribution is 2.31. The number of nitrogens with zero attached hydrogens (tertiary/aromatic N) is 2. The third-order valence-electron chi connectivity index (χ3n) is 5.38. The number of anilines is 1. The minimum absolute atomic E-state index is 0.0938. The van der Waals surface area contributed by atoms with E-state index in [1.807, 2.05) is 29.3 Å². The maximum Gasteiger partial charge on any atom is 0.231 e. The molecule has 0 bridgehead atoms. The second kappa shape index (κ2) is 7.19. The van der Waals surface area contributed by atoms with Gasteiger partial charge in [-0.05, 0) is 19.8 Å². The van der Waals surface area contributed by atoms with Crippen LogP contribution in [0.25, 0.3) is 11.3 Å². The van der Waals surface area contributed by atoms with Crippen molar-refractivity contribution in [1.82, 2.24) is 9.88 Å². The van der Waals surface area contributed by atoms with Crippen LogP contribution in [-0.2, 0) is 9.59 Å². The van der Waals surface area contributed by atoms with Crippen LogP contribution in [0.2, 0.25) is 0 Å². The standard InChI is InChI=1S/C20H23N3O2S/c1-13-6-8-14(9-7-13)17-12-26-20(21-17)22-19(25)15-10-18(24)23(11-15)16-4-2-3-5-16/h6-9,12,15-16H,2-5,10-11H2,1H3,(H,21,22,25). The average Bonchev–Trinajstić information content (AvgIpc) is 3.36. The lowest BCUT2D eigenvalue weighted by Crippen LogP contribution is -2.35. The number of aromatic nitrogens is 1. The summed E-state index contributed by atoms with van der Waals surface area (Å²) >= 11 is 1.42. The molecule has 0 spiro atoms. The molecule has 26 heavy (non-hydrogen) atoms. The smallest absolute Gasteiger partial charge is 0.231 e. The predicted molar refractivity (Wildman–Crippen MR) is 103 cm³/mol. The van der Waals surface area contributed by atoms with Crippen LogP contribution in [-0.4, -0.2) is 34.3 Å². The van der Waals surface area contributed by atoms with Crippen molar-refractivity contribution >= 4 is 28.3 Å². The first-order chi connectivity index (χ1) is 12.6. The molecule has 2 amide bonds. The van der Waals surface area contributed by atoms with Crippen LogP contribution in [0.3, 0.4) is 0 Å². The van der Waals surface area contributed by atoms with E-state index in [1.165, 1.54) is 29.7 Å². The van der Waals surface area contributed by atoms with Gasteiger partial charge in [-0.3, -0.25) is 9.59 Å². The Kier molecular flexibility index (Phi) is 4.76. The Morgan fingerprint density at radius 1 is 1.23 bits per heavy atom. The number of carbonyl (C=O) groups excluding carboxylic acids is 2. The van der Waals surface area contributed by atoms with Crippen LogP contribution in [0.1, 0.15) is 37.7 Å². The molecule has 6 heteroatoms. The fourth-order valence-electron chi connectivity index (χ4n) is 3.87. The summed E-state index contributed by atoms with van der Waals surface area (Å²) in [4.78, 5) is 31.3. The number of carbonyl (C=O) groups is 2. The number of aryl methyl sites for hydroxylation is 1. The van der Waals surface area contributed by atoms with E-state index in [4.69, 9.17) is 0 Å². The van der Waals surface area contributed by atoms with Gasteiger partial charge in [0.2, 0.25) is 11.8 Å². The third kappa shape index (κ3) is 3.51. The van der Waals surface area contributed by atoms with E-state index in [2.05, 4.69) is 22.4 Å². The fourth-order valence-corrected chi connectivity index (χ4v) is 4.59. The SMILES string of the molecule is Cc1ccc(-c2csc(NC(=O)C3CC(=O)N(C4CCCC4)C3)n2)cc1. The Morgan fingerprint density at radius 3 is 2.69 bits per heavy atom. The van der Waals surface area contributed by atoms with Crippen molar-refractivity contribution in [3.05, 3.63) is 35.2 Å². The monoisotopic (exact) mass is 369 g/mol.